The van der Waals surface area contributed by atoms with Gasteiger partial charge in [-0.05, 0) is 35.8 Å². The number of aromatic nitrogens is 1. The minimum absolute atomic E-state index is 0.0723. The third-order valence-corrected chi connectivity index (χ3v) is 6.57. The molecule has 6 heteroatoms. The van der Waals surface area contributed by atoms with Crippen LogP contribution in [-0.2, 0) is 10.0 Å². The van der Waals surface area contributed by atoms with Crippen LogP contribution in [0.15, 0.2) is 23.4 Å². The minimum atomic E-state index is -3.59. The Labute approximate surface area is 127 Å². The van der Waals surface area contributed by atoms with E-state index in [1.54, 1.807) is 12.1 Å². The Kier molecular flexibility index (Phi) is 4.06. The molecule has 0 amide bonds. The fraction of sp³-hybridized carbons (Fsp3) is 0.667. The molecule has 0 aromatic carbocycles. The zero-order chi connectivity index (χ0) is 15.9. The zero-order valence-corrected chi connectivity index (χ0v) is 14.2. The lowest BCUT2D eigenvalue weighted by Crippen LogP contribution is -2.28. The summed E-state index contributed by atoms with van der Waals surface area (Å²) in [4.78, 5) is 4.03. The minimum Gasteiger partial charge on any atom is -0.383 e. The first-order valence-electron chi connectivity index (χ1n) is 7.33. The molecular formula is C15H25N3O2S. The van der Waals surface area contributed by atoms with Crippen LogP contribution >= 0.6 is 0 Å². The molecule has 1 aliphatic carbocycles. The Morgan fingerprint density at radius 2 is 1.86 bits per heavy atom. The number of pyridine rings is 1. The normalized spacial score (nSPS) is 20.2. The van der Waals surface area contributed by atoms with E-state index in [9.17, 15) is 8.42 Å². The van der Waals surface area contributed by atoms with E-state index in [1.807, 2.05) is 6.92 Å². The van der Waals surface area contributed by atoms with Gasteiger partial charge in [-0.25, -0.2) is 18.1 Å². The maximum absolute atomic E-state index is 12.5. The van der Waals surface area contributed by atoms with Crippen molar-refractivity contribution in [3.05, 3.63) is 18.3 Å². The standard InChI is InChI=1S/C15H25N3O2S/c1-6-16-11-8-7-9-17-13(11)21(19,20)18-10-12-14(2,3)15(12,4)5/h7-9,12,16,18H,6,10H2,1-5H3. The van der Waals surface area contributed by atoms with Crippen LogP contribution in [0.2, 0.25) is 0 Å². The Hall–Kier alpha value is -1.14. The van der Waals surface area contributed by atoms with Gasteiger partial charge < -0.3 is 5.32 Å². The second-order valence-electron chi connectivity index (χ2n) is 6.73. The van der Waals surface area contributed by atoms with Crippen LogP contribution in [0.5, 0.6) is 0 Å². The second-order valence-corrected chi connectivity index (χ2v) is 8.42. The third kappa shape index (κ3) is 2.79. The van der Waals surface area contributed by atoms with E-state index in [1.165, 1.54) is 6.20 Å². The fourth-order valence-corrected chi connectivity index (χ4v) is 4.19. The summed E-state index contributed by atoms with van der Waals surface area (Å²) in [5.74, 6) is 0.339. The highest BCUT2D eigenvalue weighted by molar-refractivity contribution is 7.89. The van der Waals surface area contributed by atoms with Gasteiger partial charge in [0.05, 0.1) is 5.69 Å². The van der Waals surface area contributed by atoms with Crippen LogP contribution in [0.3, 0.4) is 0 Å². The lowest BCUT2D eigenvalue weighted by molar-refractivity contribution is 0.457. The molecule has 2 N–H and O–H groups in total. The van der Waals surface area contributed by atoms with Gasteiger partial charge in [-0.2, -0.15) is 0 Å². The molecule has 0 spiro atoms. The van der Waals surface area contributed by atoms with E-state index in [4.69, 9.17) is 0 Å². The molecule has 1 heterocycles. The van der Waals surface area contributed by atoms with Crippen molar-refractivity contribution in [1.29, 1.82) is 0 Å². The van der Waals surface area contributed by atoms with Gasteiger partial charge >= 0.3 is 0 Å². The summed E-state index contributed by atoms with van der Waals surface area (Å²) < 4.78 is 27.7. The van der Waals surface area contributed by atoms with Crippen LogP contribution < -0.4 is 10.0 Å². The molecule has 1 fully saturated rings. The summed E-state index contributed by atoms with van der Waals surface area (Å²) in [5.41, 5.74) is 0.857. The SMILES string of the molecule is CCNc1cccnc1S(=O)(=O)NCC1C(C)(C)C1(C)C. The molecular weight excluding hydrogens is 286 g/mol. The van der Waals surface area contributed by atoms with Gasteiger partial charge in [0.1, 0.15) is 0 Å². The number of sulfonamides is 1. The molecule has 0 unspecified atom stereocenters. The lowest BCUT2D eigenvalue weighted by Gasteiger charge is -2.11. The number of hydrogen-bond acceptors (Lipinski definition) is 4. The van der Waals surface area contributed by atoms with Crippen molar-refractivity contribution in [3.8, 4) is 0 Å². The monoisotopic (exact) mass is 311 g/mol. The Bertz CT molecular complexity index is 610. The van der Waals surface area contributed by atoms with E-state index < -0.39 is 10.0 Å². The van der Waals surface area contributed by atoms with E-state index in [0.717, 1.165) is 0 Å². The molecule has 1 aromatic heterocycles. The van der Waals surface area contributed by atoms with Crippen molar-refractivity contribution < 1.29 is 8.42 Å². The average molecular weight is 311 g/mol. The molecule has 1 aliphatic rings. The lowest BCUT2D eigenvalue weighted by atomic mass is 10.0. The zero-order valence-electron chi connectivity index (χ0n) is 13.4. The van der Waals surface area contributed by atoms with Crippen molar-refractivity contribution in [2.24, 2.45) is 16.7 Å². The van der Waals surface area contributed by atoms with E-state index in [2.05, 4.69) is 42.7 Å². The van der Waals surface area contributed by atoms with Crippen LogP contribution in [0.25, 0.3) is 0 Å². The number of nitrogens with one attached hydrogen (secondary N) is 2. The summed E-state index contributed by atoms with van der Waals surface area (Å²) in [7, 11) is -3.59. The molecule has 118 valence electrons. The van der Waals surface area contributed by atoms with E-state index >= 15 is 0 Å². The number of nitrogens with zero attached hydrogens (tertiary/aromatic N) is 1. The molecule has 5 nitrogen and oxygen atoms in total. The van der Waals surface area contributed by atoms with Gasteiger partial charge in [-0.3, -0.25) is 0 Å². The van der Waals surface area contributed by atoms with Crippen molar-refractivity contribution in [1.82, 2.24) is 9.71 Å². The summed E-state index contributed by atoms with van der Waals surface area (Å²) >= 11 is 0. The van der Waals surface area contributed by atoms with Crippen LogP contribution in [0.1, 0.15) is 34.6 Å². The van der Waals surface area contributed by atoms with E-state index in [-0.39, 0.29) is 15.9 Å². The van der Waals surface area contributed by atoms with Gasteiger partial charge in [-0.1, -0.05) is 27.7 Å². The average Bonchev–Trinajstić information content (AvgIpc) is 2.78. The third-order valence-electron chi connectivity index (χ3n) is 5.19. The molecule has 1 saturated carbocycles. The highest BCUT2D eigenvalue weighted by atomic mass is 32.2. The van der Waals surface area contributed by atoms with Crippen LogP contribution in [0.4, 0.5) is 5.69 Å². The molecule has 0 saturated heterocycles. The first-order chi connectivity index (χ1) is 9.64. The molecule has 1 aromatic rings. The Morgan fingerprint density at radius 3 is 2.38 bits per heavy atom. The molecule has 2 rings (SSSR count). The summed E-state index contributed by atoms with van der Waals surface area (Å²) in [6, 6.07) is 3.46. The fourth-order valence-electron chi connectivity index (χ4n) is 3.03. The number of anilines is 1. The van der Waals surface area contributed by atoms with Crippen LogP contribution in [0, 0.1) is 16.7 Å². The smallest absolute Gasteiger partial charge is 0.260 e. The number of rotatable bonds is 6. The van der Waals surface area contributed by atoms with Gasteiger partial charge in [-0.15, -0.1) is 0 Å². The Balaban J connectivity index is 2.14. The molecule has 21 heavy (non-hydrogen) atoms. The highest BCUT2D eigenvalue weighted by Gasteiger charge is 2.64. The van der Waals surface area contributed by atoms with Gasteiger partial charge in [0.25, 0.3) is 10.0 Å². The first-order valence-corrected chi connectivity index (χ1v) is 8.81. The summed E-state index contributed by atoms with van der Waals surface area (Å²) in [5, 5.41) is 3.11. The van der Waals surface area contributed by atoms with Gasteiger partial charge in [0.2, 0.25) is 0 Å². The molecule has 0 bridgehead atoms. The quantitative estimate of drug-likeness (QED) is 0.846. The predicted molar refractivity (Wildman–Crippen MR) is 84.6 cm³/mol. The molecule has 0 radical (unpaired) electrons. The summed E-state index contributed by atoms with van der Waals surface area (Å²) in [6.45, 7) is 11.7. The Morgan fingerprint density at radius 1 is 1.24 bits per heavy atom. The van der Waals surface area contributed by atoms with Crippen molar-refractivity contribution >= 4 is 15.7 Å². The molecule has 0 atom stereocenters. The topological polar surface area (TPSA) is 71.1 Å². The largest absolute Gasteiger partial charge is 0.383 e. The first kappa shape index (κ1) is 16.2. The number of hydrogen-bond donors (Lipinski definition) is 2. The highest BCUT2D eigenvalue weighted by Crippen LogP contribution is 2.67. The van der Waals surface area contributed by atoms with Crippen LogP contribution in [-0.4, -0.2) is 26.5 Å². The second kappa shape index (κ2) is 5.25. The maximum Gasteiger partial charge on any atom is 0.260 e. The molecule has 0 aliphatic heterocycles. The van der Waals surface area contributed by atoms with Crippen molar-refractivity contribution in [2.75, 3.05) is 18.4 Å². The van der Waals surface area contributed by atoms with Gasteiger partial charge in [0, 0.05) is 19.3 Å². The van der Waals surface area contributed by atoms with E-state index in [0.29, 0.717) is 24.7 Å². The maximum atomic E-state index is 12.5. The van der Waals surface area contributed by atoms with Crippen molar-refractivity contribution in [2.45, 2.75) is 39.6 Å². The van der Waals surface area contributed by atoms with Crippen molar-refractivity contribution in [3.63, 3.8) is 0 Å². The summed E-state index contributed by atoms with van der Waals surface area (Å²) in [6.07, 6.45) is 1.50. The predicted octanol–water partition coefficient (Wildman–Crippen LogP) is 2.47. The van der Waals surface area contributed by atoms with Gasteiger partial charge in [0.15, 0.2) is 5.03 Å².